The zero-order valence-electron chi connectivity index (χ0n) is 18.6. The van der Waals surface area contributed by atoms with Gasteiger partial charge in [0.2, 0.25) is 0 Å². The van der Waals surface area contributed by atoms with E-state index in [-0.39, 0.29) is 16.7 Å². The summed E-state index contributed by atoms with van der Waals surface area (Å²) in [5, 5.41) is 0. The Morgan fingerprint density at radius 3 is 2.06 bits per heavy atom. The molecule has 2 saturated heterocycles. The van der Waals surface area contributed by atoms with Crippen molar-refractivity contribution in [3.8, 4) is 17.2 Å². The standard InChI is InChI=1S/C24H28N2O5S/c1-29-19-6-4-5-17(13-19)22(27)25-9-7-24(8-10-25)26(11-12-32-24)23(28)18-14-20(30-2)16-21(15-18)31-3/h4-6,13-16H,7-12H2,1-3H3. The number of carbonyl (C=O) groups is 2. The van der Waals surface area contributed by atoms with Crippen LogP contribution in [0.3, 0.4) is 0 Å². The third-order valence-corrected chi connectivity index (χ3v) is 7.72. The third-order valence-electron chi connectivity index (χ3n) is 6.17. The number of ether oxygens (including phenoxy) is 3. The topological polar surface area (TPSA) is 68.3 Å². The van der Waals surface area contributed by atoms with E-state index in [1.54, 1.807) is 45.6 Å². The van der Waals surface area contributed by atoms with Gasteiger partial charge in [0.25, 0.3) is 11.8 Å². The second-order valence-electron chi connectivity index (χ2n) is 7.88. The molecule has 170 valence electrons. The van der Waals surface area contributed by atoms with Crippen molar-refractivity contribution >= 4 is 23.6 Å². The van der Waals surface area contributed by atoms with Crippen molar-refractivity contribution < 1.29 is 23.8 Å². The van der Waals surface area contributed by atoms with E-state index >= 15 is 0 Å². The second kappa shape index (κ2) is 9.32. The fraction of sp³-hybridized carbons (Fsp3) is 0.417. The van der Waals surface area contributed by atoms with Crippen molar-refractivity contribution in [1.29, 1.82) is 0 Å². The number of hydrogen-bond acceptors (Lipinski definition) is 6. The molecule has 2 aromatic carbocycles. The molecule has 2 aliphatic rings. The smallest absolute Gasteiger partial charge is 0.255 e. The number of likely N-dealkylation sites (tertiary alicyclic amines) is 1. The Kier molecular flexibility index (Phi) is 6.50. The molecule has 2 fully saturated rings. The number of nitrogens with zero attached hydrogens (tertiary/aromatic N) is 2. The third kappa shape index (κ3) is 4.24. The molecule has 2 aromatic rings. The first kappa shape index (κ1) is 22.3. The van der Waals surface area contributed by atoms with Gasteiger partial charge in [0.1, 0.15) is 17.2 Å². The summed E-state index contributed by atoms with van der Waals surface area (Å²) < 4.78 is 15.9. The summed E-state index contributed by atoms with van der Waals surface area (Å²) in [4.78, 5) is 30.0. The summed E-state index contributed by atoms with van der Waals surface area (Å²) in [6.45, 7) is 1.90. The molecular weight excluding hydrogens is 428 g/mol. The molecule has 4 rings (SSSR count). The Labute approximate surface area is 192 Å². The van der Waals surface area contributed by atoms with E-state index in [4.69, 9.17) is 14.2 Å². The Balaban J connectivity index is 1.49. The number of hydrogen-bond donors (Lipinski definition) is 0. The van der Waals surface area contributed by atoms with E-state index in [0.717, 1.165) is 18.6 Å². The monoisotopic (exact) mass is 456 g/mol. The predicted octanol–water partition coefficient (Wildman–Crippen LogP) is 3.53. The maximum Gasteiger partial charge on any atom is 0.255 e. The van der Waals surface area contributed by atoms with Crippen molar-refractivity contribution in [3.63, 3.8) is 0 Å². The zero-order valence-corrected chi connectivity index (χ0v) is 19.4. The molecule has 0 aliphatic carbocycles. The number of piperidine rings is 1. The van der Waals surface area contributed by atoms with Crippen molar-refractivity contribution in [1.82, 2.24) is 9.80 Å². The maximum atomic E-state index is 13.5. The van der Waals surface area contributed by atoms with Gasteiger partial charge in [0.15, 0.2) is 0 Å². The minimum atomic E-state index is -0.293. The van der Waals surface area contributed by atoms with Crippen molar-refractivity contribution in [2.45, 2.75) is 17.7 Å². The highest BCUT2D eigenvalue weighted by Crippen LogP contribution is 2.45. The van der Waals surface area contributed by atoms with Gasteiger partial charge in [-0.3, -0.25) is 9.59 Å². The van der Waals surface area contributed by atoms with Crippen LogP contribution < -0.4 is 14.2 Å². The molecule has 0 atom stereocenters. The van der Waals surface area contributed by atoms with Crippen LogP contribution >= 0.6 is 11.8 Å². The predicted molar refractivity (Wildman–Crippen MR) is 124 cm³/mol. The van der Waals surface area contributed by atoms with E-state index in [1.807, 2.05) is 39.8 Å². The van der Waals surface area contributed by atoms with Crippen LogP contribution in [0.5, 0.6) is 17.2 Å². The first-order valence-corrected chi connectivity index (χ1v) is 11.6. The molecule has 0 N–H and O–H groups in total. The van der Waals surface area contributed by atoms with Gasteiger partial charge in [-0.05, 0) is 43.2 Å². The molecule has 1 spiro atoms. The molecule has 2 heterocycles. The van der Waals surface area contributed by atoms with E-state index in [0.29, 0.717) is 48.0 Å². The second-order valence-corrected chi connectivity index (χ2v) is 9.33. The quantitative estimate of drug-likeness (QED) is 0.686. The van der Waals surface area contributed by atoms with E-state index in [2.05, 4.69) is 0 Å². The van der Waals surface area contributed by atoms with E-state index < -0.39 is 0 Å². The largest absolute Gasteiger partial charge is 0.497 e. The van der Waals surface area contributed by atoms with Crippen molar-refractivity contribution in [2.75, 3.05) is 46.7 Å². The van der Waals surface area contributed by atoms with Crippen LogP contribution in [0.15, 0.2) is 42.5 Å². The summed E-state index contributed by atoms with van der Waals surface area (Å²) >= 11 is 1.82. The van der Waals surface area contributed by atoms with Gasteiger partial charge >= 0.3 is 0 Å². The average Bonchev–Trinajstić information content (AvgIpc) is 3.25. The molecule has 0 bridgehead atoms. The Morgan fingerprint density at radius 1 is 0.812 bits per heavy atom. The maximum absolute atomic E-state index is 13.5. The number of thioether (sulfide) groups is 1. The number of benzene rings is 2. The molecule has 32 heavy (non-hydrogen) atoms. The van der Waals surface area contributed by atoms with E-state index in [1.165, 1.54) is 0 Å². The fourth-order valence-electron chi connectivity index (χ4n) is 4.39. The first-order valence-electron chi connectivity index (χ1n) is 10.6. The highest BCUT2D eigenvalue weighted by molar-refractivity contribution is 8.00. The molecular formula is C24H28N2O5S. The summed E-state index contributed by atoms with van der Waals surface area (Å²) in [6, 6.07) is 12.5. The summed E-state index contributed by atoms with van der Waals surface area (Å²) in [7, 11) is 4.74. The van der Waals surface area contributed by atoms with Crippen LogP contribution in [-0.2, 0) is 0 Å². The van der Waals surface area contributed by atoms with Gasteiger partial charge in [0, 0.05) is 42.6 Å². The minimum absolute atomic E-state index is 0.00263. The van der Waals surface area contributed by atoms with Crippen molar-refractivity contribution in [2.24, 2.45) is 0 Å². The van der Waals surface area contributed by atoms with Gasteiger partial charge in [-0.1, -0.05) is 6.07 Å². The van der Waals surface area contributed by atoms with Gasteiger partial charge < -0.3 is 24.0 Å². The lowest BCUT2D eigenvalue weighted by Gasteiger charge is -2.44. The van der Waals surface area contributed by atoms with E-state index in [9.17, 15) is 9.59 Å². The zero-order chi connectivity index (χ0) is 22.7. The van der Waals surface area contributed by atoms with Gasteiger partial charge in [-0.25, -0.2) is 0 Å². The van der Waals surface area contributed by atoms with Gasteiger partial charge in [-0.15, -0.1) is 11.8 Å². The SMILES string of the molecule is COc1cccc(C(=O)N2CCC3(CC2)SCCN3C(=O)c2cc(OC)cc(OC)c2)c1. The molecule has 7 nitrogen and oxygen atoms in total. The number of amides is 2. The minimum Gasteiger partial charge on any atom is -0.497 e. The fourth-order valence-corrected chi connectivity index (χ4v) is 5.85. The normalized spacial score (nSPS) is 17.3. The molecule has 0 aromatic heterocycles. The Hall–Kier alpha value is -2.87. The van der Waals surface area contributed by atoms with Crippen LogP contribution in [-0.4, -0.2) is 73.2 Å². The van der Waals surface area contributed by atoms with Crippen LogP contribution in [0.2, 0.25) is 0 Å². The highest BCUT2D eigenvalue weighted by atomic mass is 32.2. The summed E-state index contributed by atoms with van der Waals surface area (Å²) in [5.41, 5.74) is 1.17. The molecule has 2 amide bonds. The average molecular weight is 457 g/mol. The number of carbonyl (C=O) groups excluding carboxylic acids is 2. The molecule has 2 aliphatic heterocycles. The summed E-state index contributed by atoms with van der Waals surface area (Å²) in [6.07, 6.45) is 1.47. The lowest BCUT2D eigenvalue weighted by atomic mass is 10.00. The highest BCUT2D eigenvalue weighted by Gasteiger charge is 2.47. The van der Waals surface area contributed by atoms with Crippen molar-refractivity contribution in [3.05, 3.63) is 53.6 Å². The molecule has 0 unspecified atom stereocenters. The Morgan fingerprint density at radius 2 is 1.44 bits per heavy atom. The Bertz CT molecular complexity index is 981. The van der Waals surface area contributed by atoms with Gasteiger partial charge in [0.05, 0.1) is 26.2 Å². The lowest BCUT2D eigenvalue weighted by molar-refractivity contribution is 0.0497. The van der Waals surface area contributed by atoms with Crippen LogP contribution in [0.25, 0.3) is 0 Å². The molecule has 8 heteroatoms. The number of rotatable bonds is 5. The first-order chi connectivity index (χ1) is 15.5. The molecule has 0 saturated carbocycles. The lowest BCUT2D eigenvalue weighted by Crippen LogP contribution is -2.53. The molecule has 0 radical (unpaired) electrons. The van der Waals surface area contributed by atoms with Crippen LogP contribution in [0, 0.1) is 0 Å². The summed E-state index contributed by atoms with van der Waals surface area (Å²) in [5.74, 6) is 2.70. The van der Waals surface area contributed by atoms with Crippen LogP contribution in [0.4, 0.5) is 0 Å². The van der Waals surface area contributed by atoms with Crippen LogP contribution in [0.1, 0.15) is 33.6 Å². The van der Waals surface area contributed by atoms with Gasteiger partial charge in [-0.2, -0.15) is 0 Å². The number of methoxy groups -OCH3 is 3.